The van der Waals surface area contributed by atoms with Crippen LogP contribution in [0.15, 0.2) is 30.7 Å². The third kappa shape index (κ3) is 3.37. The highest BCUT2D eigenvalue weighted by Crippen LogP contribution is 2.41. The van der Waals surface area contributed by atoms with Crippen molar-refractivity contribution in [2.24, 2.45) is 0 Å². The number of aliphatic hydroxyl groups is 2. The second-order valence-corrected chi connectivity index (χ2v) is 7.58. The number of fused-ring (bicyclic) bond motifs is 1. The zero-order chi connectivity index (χ0) is 22.7. The van der Waals surface area contributed by atoms with Gasteiger partial charge in [-0.25, -0.2) is 27.5 Å². The number of nitrogens with zero attached hydrogens (tertiary/aromatic N) is 3. The number of hydrogen-bond acceptors (Lipinski definition) is 6. The zero-order valence-electron chi connectivity index (χ0n) is 15.6. The lowest BCUT2D eigenvalue weighted by Gasteiger charge is -2.25. The van der Waals surface area contributed by atoms with Gasteiger partial charge >= 0.3 is 0 Å². The van der Waals surface area contributed by atoms with Crippen LogP contribution in [0.2, 0.25) is 5.15 Å². The average Bonchev–Trinajstić information content (AvgIpc) is 3.23. The summed E-state index contributed by atoms with van der Waals surface area (Å²) < 4.78 is 61.1. The van der Waals surface area contributed by atoms with Crippen molar-refractivity contribution in [3.8, 4) is 0 Å². The first kappa shape index (κ1) is 21.6. The van der Waals surface area contributed by atoms with Crippen LogP contribution in [0.4, 0.5) is 17.6 Å². The molecule has 0 spiro atoms. The first-order valence-electron chi connectivity index (χ1n) is 8.88. The molecule has 7 nitrogen and oxygen atoms in total. The molecule has 3 heterocycles. The molecule has 0 radical (unpaired) electrons. The van der Waals surface area contributed by atoms with Gasteiger partial charge in [-0.15, -0.1) is 0 Å². The highest BCUT2D eigenvalue weighted by atomic mass is 35.5. The van der Waals surface area contributed by atoms with E-state index in [4.69, 9.17) is 16.3 Å². The van der Waals surface area contributed by atoms with Crippen molar-refractivity contribution in [1.82, 2.24) is 14.5 Å². The monoisotopic (exact) mass is 459 g/mol. The summed E-state index contributed by atoms with van der Waals surface area (Å²) in [5.41, 5.74) is -4.40. The number of carbonyl (C=O) groups is 1. The van der Waals surface area contributed by atoms with Gasteiger partial charge in [-0.05, 0) is 25.1 Å². The maximum atomic E-state index is 14.5. The molecular formula is C19H14ClF4N3O4. The SMILES string of the molecule is C[C@@]1(O)[C@@H](C(=O)c2cc(F)cc(C(F)F)c2F)O[C@@H](n2ccc3c(Cl)ncnc32)[C@@H]1O. The van der Waals surface area contributed by atoms with E-state index < -0.39 is 59.0 Å². The lowest BCUT2D eigenvalue weighted by molar-refractivity contribution is -0.0551. The summed E-state index contributed by atoms with van der Waals surface area (Å²) in [6, 6.07) is 2.22. The maximum absolute atomic E-state index is 14.5. The summed E-state index contributed by atoms with van der Waals surface area (Å²) in [7, 11) is 0. The number of aromatic nitrogens is 3. The van der Waals surface area contributed by atoms with Crippen molar-refractivity contribution < 1.29 is 37.3 Å². The van der Waals surface area contributed by atoms with Gasteiger partial charge in [0.2, 0.25) is 0 Å². The highest BCUT2D eigenvalue weighted by Gasteiger charge is 2.56. The van der Waals surface area contributed by atoms with Crippen molar-refractivity contribution in [3.05, 3.63) is 58.6 Å². The first-order chi connectivity index (χ1) is 14.5. The van der Waals surface area contributed by atoms with Crippen molar-refractivity contribution in [3.63, 3.8) is 0 Å². The second kappa shape index (κ2) is 7.52. The fraction of sp³-hybridized carbons (Fsp3) is 0.316. The molecule has 0 amide bonds. The number of hydrogen-bond donors (Lipinski definition) is 2. The van der Waals surface area contributed by atoms with Gasteiger partial charge in [-0.2, -0.15) is 0 Å². The normalized spacial score (nSPS) is 26.2. The number of aliphatic hydroxyl groups excluding tert-OH is 1. The molecule has 1 saturated heterocycles. The molecule has 1 aliphatic heterocycles. The number of rotatable bonds is 4. The Morgan fingerprint density at radius 2 is 2.03 bits per heavy atom. The molecule has 3 aromatic rings. The van der Waals surface area contributed by atoms with E-state index in [2.05, 4.69) is 9.97 Å². The Morgan fingerprint density at radius 3 is 2.71 bits per heavy atom. The number of ether oxygens (including phenoxy) is 1. The van der Waals surface area contributed by atoms with E-state index in [1.54, 1.807) is 0 Å². The third-order valence-corrected chi connectivity index (χ3v) is 5.52. The van der Waals surface area contributed by atoms with E-state index in [1.807, 2.05) is 0 Å². The van der Waals surface area contributed by atoms with E-state index in [-0.39, 0.29) is 16.9 Å². The summed E-state index contributed by atoms with van der Waals surface area (Å²) in [4.78, 5) is 20.7. The predicted molar refractivity (Wildman–Crippen MR) is 98.7 cm³/mol. The summed E-state index contributed by atoms with van der Waals surface area (Å²) >= 11 is 5.99. The van der Waals surface area contributed by atoms with Gasteiger partial charge in [0.05, 0.1) is 16.5 Å². The minimum atomic E-state index is -3.37. The molecule has 1 fully saturated rings. The van der Waals surface area contributed by atoms with Crippen molar-refractivity contribution in [1.29, 1.82) is 0 Å². The molecule has 0 saturated carbocycles. The van der Waals surface area contributed by atoms with Gasteiger partial charge < -0.3 is 19.5 Å². The van der Waals surface area contributed by atoms with Crippen LogP contribution in [0.3, 0.4) is 0 Å². The topological polar surface area (TPSA) is 97.5 Å². The van der Waals surface area contributed by atoms with E-state index in [1.165, 1.54) is 16.8 Å². The highest BCUT2D eigenvalue weighted by molar-refractivity contribution is 6.33. The van der Waals surface area contributed by atoms with Crippen LogP contribution >= 0.6 is 11.6 Å². The van der Waals surface area contributed by atoms with Crippen LogP contribution < -0.4 is 0 Å². The quantitative estimate of drug-likeness (QED) is 0.353. The largest absolute Gasteiger partial charge is 0.385 e. The standard InChI is InChI=1S/C19H14ClF4N3O4/c1-19(30)13(29)18(27-3-2-8-15(20)25-6-26-17(8)27)31-14(19)12(28)9-4-7(21)5-10(11(9)22)16(23)24/h2-6,13-14,16,18,29-30H,1H3/t13-,14+,18+,19-/m0/s1. The summed E-state index contributed by atoms with van der Waals surface area (Å²) in [5, 5.41) is 21.9. The lowest BCUT2D eigenvalue weighted by atomic mass is 9.88. The minimum Gasteiger partial charge on any atom is -0.385 e. The van der Waals surface area contributed by atoms with E-state index in [9.17, 15) is 32.6 Å². The van der Waals surface area contributed by atoms with Crippen molar-refractivity contribution >= 4 is 28.4 Å². The zero-order valence-corrected chi connectivity index (χ0v) is 16.4. The maximum Gasteiger partial charge on any atom is 0.266 e. The van der Waals surface area contributed by atoms with Crippen LogP contribution in [0.25, 0.3) is 11.0 Å². The minimum absolute atomic E-state index is 0.108. The first-order valence-corrected chi connectivity index (χ1v) is 9.26. The Bertz CT molecular complexity index is 1190. The molecule has 2 aromatic heterocycles. The molecule has 0 aliphatic carbocycles. The summed E-state index contributed by atoms with van der Waals surface area (Å²) in [6.45, 7) is 1.05. The molecular weight excluding hydrogens is 446 g/mol. The second-order valence-electron chi connectivity index (χ2n) is 7.22. The van der Waals surface area contributed by atoms with Gasteiger partial charge in [-0.1, -0.05) is 11.6 Å². The van der Waals surface area contributed by atoms with Crippen LogP contribution in [-0.4, -0.2) is 48.3 Å². The van der Waals surface area contributed by atoms with Gasteiger partial charge in [0.15, 0.2) is 18.1 Å². The van der Waals surface area contributed by atoms with Crippen LogP contribution in [0.5, 0.6) is 0 Å². The van der Waals surface area contributed by atoms with Gasteiger partial charge in [0.1, 0.15) is 40.5 Å². The Morgan fingerprint density at radius 1 is 1.32 bits per heavy atom. The molecule has 2 N–H and O–H groups in total. The van der Waals surface area contributed by atoms with E-state index >= 15 is 0 Å². The smallest absolute Gasteiger partial charge is 0.266 e. The van der Waals surface area contributed by atoms with Crippen molar-refractivity contribution in [2.75, 3.05) is 0 Å². The number of halogens is 5. The van der Waals surface area contributed by atoms with E-state index in [0.717, 1.165) is 13.3 Å². The van der Waals surface area contributed by atoms with Gasteiger partial charge in [0, 0.05) is 6.20 Å². The van der Waals surface area contributed by atoms with Gasteiger partial charge in [0.25, 0.3) is 6.43 Å². The number of carbonyl (C=O) groups excluding carboxylic acids is 1. The molecule has 4 atom stereocenters. The lowest BCUT2D eigenvalue weighted by Crippen LogP contribution is -2.48. The Kier molecular flexibility index (Phi) is 5.24. The molecule has 1 aliphatic rings. The van der Waals surface area contributed by atoms with Crippen LogP contribution in [0, 0.1) is 11.6 Å². The summed E-state index contributed by atoms with van der Waals surface area (Å²) in [5.74, 6) is -4.21. The Labute approximate surface area is 176 Å². The molecule has 31 heavy (non-hydrogen) atoms. The number of Topliss-reactive ketones (excluding diaryl/α,β-unsaturated/α-hetero) is 1. The van der Waals surface area contributed by atoms with Crippen LogP contribution in [-0.2, 0) is 4.74 Å². The molecule has 0 unspecified atom stereocenters. The number of benzene rings is 1. The third-order valence-electron chi connectivity index (χ3n) is 5.21. The fourth-order valence-electron chi connectivity index (χ4n) is 3.58. The number of ketones is 1. The van der Waals surface area contributed by atoms with Gasteiger partial charge in [-0.3, -0.25) is 4.79 Å². The molecule has 4 rings (SSSR count). The van der Waals surface area contributed by atoms with Crippen molar-refractivity contribution in [2.45, 2.75) is 37.4 Å². The van der Waals surface area contributed by atoms with Crippen LogP contribution in [0.1, 0.15) is 35.5 Å². The van der Waals surface area contributed by atoms with E-state index in [0.29, 0.717) is 11.5 Å². The number of alkyl halides is 2. The molecule has 0 bridgehead atoms. The fourth-order valence-corrected chi connectivity index (χ4v) is 3.77. The molecule has 1 aromatic carbocycles. The predicted octanol–water partition coefficient (Wildman–Crippen LogP) is 3.19. The Balaban J connectivity index is 1.75. The Hall–Kier alpha value is -2.60. The molecule has 164 valence electrons. The average molecular weight is 460 g/mol. The molecule has 12 heteroatoms. The summed E-state index contributed by atoms with van der Waals surface area (Å²) in [6.07, 6.45) is -5.81.